The van der Waals surface area contributed by atoms with E-state index in [1.54, 1.807) is 18.2 Å². The Labute approximate surface area is 161 Å². The number of carbonyl (C=O) groups is 1. The standard InChI is InChI=1S/C19H18Cl2FN3O/c20-13-5-6-15-16(17(13)21)18(26)24-19(23-15)7-9-25(10-8-19)11-12-3-1-2-4-14(12)22/h1-6,23H,7-11H2,(H,24,26). The number of hydrogen-bond acceptors (Lipinski definition) is 3. The molecule has 2 aromatic carbocycles. The van der Waals surface area contributed by atoms with Gasteiger partial charge in [0.05, 0.1) is 21.3 Å². The number of fused-ring (bicyclic) bond motifs is 1. The SMILES string of the molecule is O=C1NC2(CCN(Cc3ccccc3F)CC2)Nc2ccc(Cl)c(Cl)c21. The summed E-state index contributed by atoms with van der Waals surface area (Å²) in [6.45, 7) is 2.06. The second-order valence-electron chi connectivity index (χ2n) is 6.81. The Balaban J connectivity index is 1.48. The average Bonchev–Trinajstić information content (AvgIpc) is 2.62. The maximum absolute atomic E-state index is 13.9. The van der Waals surface area contributed by atoms with Gasteiger partial charge in [0.2, 0.25) is 0 Å². The van der Waals surface area contributed by atoms with Gasteiger partial charge in [-0.2, -0.15) is 0 Å². The van der Waals surface area contributed by atoms with Crippen LogP contribution in [0.25, 0.3) is 0 Å². The number of nitrogens with zero attached hydrogens (tertiary/aromatic N) is 1. The number of carbonyl (C=O) groups excluding carboxylic acids is 1. The van der Waals surface area contributed by atoms with Crippen LogP contribution in [0.4, 0.5) is 10.1 Å². The van der Waals surface area contributed by atoms with Gasteiger partial charge in [-0.1, -0.05) is 41.4 Å². The highest BCUT2D eigenvalue weighted by Crippen LogP contribution is 2.38. The molecule has 26 heavy (non-hydrogen) atoms. The molecule has 0 radical (unpaired) electrons. The fraction of sp³-hybridized carbons (Fsp3) is 0.316. The molecule has 1 saturated heterocycles. The molecule has 2 aliphatic rings. The Kier molecular flexibility index (Phi) is 4.55. The maximum Gasteiger partial charge on any atom is 0.256 e. The number of anilines is 1. The first-order valence-electron chi connectivity index (χ1n) is 8.52. The van der Waals surface area contributed by atoms with Gasteiger partial charge in [0.25, 0.3) is 5.91 Å². The summed E-state index contributed by atoms with van der Waals surface area (Å²) in [5.41, 5.74) is 1.27. The topological polar surface area (TPSA) is 44.4 Å². The van der Waals surface area contributed by atoms with E-state index in [1.165, 1.54) is 6.07 Å². The number of likely N-dealkylation sites (tertiary alicyclic amines) is 1. The normalized spacial score (nSPS) is 19.0. The summed E-state index contributed by atoms with van der Waals surface area (Å²) in [6, 6.07) is 10.3. The van der Waals surface area contributed by atoms with Crippen molar-refractivity contribution in [3.63, 3.8) is 0 Å². The van der Waals surface area contributed by atoms with Gasteiger partial charge in [0, 0.05) is 38.0 Å². The number of hydrogen-bond donors (Lipinski definition) is 2. The van der Waals surface area contributed by atoms with Crippen LogP contribution in [0.2, 0.25) is 10.0 Å². The third kappa shape index (κ3) is 3.15. The van der Waals surface area contributed by atoms with E-state index in [1.807, 2.05) is 12.1 Å². The predicted octanol–water partition coefficient (Wildman–Crippen LogP) is 4.28. The number of nitrogens with one attached hydrogen (secondary N) is 2. The molecule has 0 aliphatic carbocycles. The Morgan fingerprint density at radius 1 is 1.08 bits per heavy atom. The molecule has 0 atom stereocenters. The van der Waals surface area contributed by atoms with Crippen molar-refractivity contribution in [3.05, 3.63) is 63.4 Å². The van der Waals surface area contributed by atoms with Crippen molar-refractivity contribution in [2.45, 2.75) is 25.0 Å². The molecule has 4 nitrogen and oxygen atoms in total. The summed E-state index contributed by atoms with van der Waals surface area (Å²) in [5.74, 6) is -0.397. The van der Waals surface area contributed by atoms with E-state index < -0.39 is 5.66 Å². The Morgan fingerprint density at radius 2 is 1.81 bits per heavy atom. The van der Waals surface area contributed by atoms with Crippen LogP contribution in [-0.4, -0.2) is 29.6 Å². The molecule has 1 fully saturated rings. The van der Waals surface area contributed by atoms with Gasteiger partial charge >= 0.3 is 0 Å². The number of benzene rings is 2. The summed E-state index contributed by atoms with van der Waals surface area (Å²) in [6.07, 6.45) is 1.43. The second kappa shape index (κ2) is 6.72. The highest BCUT2D eigenvalue weighted by molar-refractivity contribution is 6.44. The Bertz CT molecular complexity index is 866. The van der Waals surface area contributed by atoms with Crippen molar-refractivity contribution in [1.29, 1.82) is 0 Å². The van der Waals surface area contributed by atoms with Crippen molar-refractivity contribution in [2.24, 2.45) is 0 Å². The third-order valence-corrected chi connectivity index (χ3v) is 5.91. The molecule has 1 spiro atoms. The molecule has 136 valence electrons. The zero-order chi connectivity index (χ0) is 18.3. The molecule has 0 unspecified atom stereocenters. The largest absolute Gasteiger partial charge is 0.362 e. The molecule has 2 aliphatic heterocycles. The third-order valence-electron chi connectivity index (χ3n) is 5.11. The van der Waals surface area contributed by atoms with Gasteiger partial charge in [-0.05, 0) is 18.2 Å². The predicted molar refractivity (Wildman–Crippen MR) is 101 cm³/mol. The molecule has 2 aromatic rings. The average molecular weight is 394 g/mol. The summed E-state index contributed by atoms with van der Waals surface area (Å²) >= 11 is 12.2. The zero-order valence-corrected chi connectivity index (χ0v) is 15.5. The van der Waals surface area contributed by atoms with Crippen molar-refractivity contribution in [3.8, 4) is 0 Å². The van der Waals surface area contributed by atoms with E-state index in [4.69, 9.17) is 23.2 Å². The van der Waals surface area contributed by atoms with E-state index >= 15 is 0 Å². The fourth-order valence-corrected chi connectivity index (χ4v) is 4.06. The monoisotopic (exact) mass is 393 g/mol. The molecule has 2 heterocycles. The van der Waals surface area contributed by atoms with Gasteiger partial charge in [-0.3, -0.25) is 9.69 Å². The number of rotatable bonds is 2. The van der Waals surface area contributed by atoms with E-state index in [0.29, 0.717) is 41.2 Å². The van der Waals surface area contributed by atoms with Crippen molar-refractivity contribution in [2.75, 3.05) is 18.4 Å². The smallest absolute Gasteiger partial charge is 0.256 e. The van der Waals surface area contributed by atoms with Crippen LogP contribution in [0.15, 0.2) is 36.4 Å². The number of piperidine rings is 1. The summed E-state index contributed by atoms with van der Waals surface area (Å²) < 4.78 is 13.9. The molecular formula is C19H18Cl2FN3O. The maximum atomic E-state index is 13.9. The van der Waals surface area contributed by atoms with Crippen LogP contribution in [0, 0.1) is 5.82 Å². The number of halogens is 3. The van der Waals surface area contributed by atoms with Gasteiger partial charge in [0.1, 0.15) is 11.5 Å². The van der Waals surface area contributed by atoms with Gasteiger partial charge < -0.3 is 10.6 Å². The fourth-order valence-electron chi connectivity index (χ4n) is 3.66. The van der Waals surface area contributed by atoms with Crippen LogP contribution in [0.5, 0.6) is 0 Å². The summed E-state index contributed by atoms with van der Waals surface area (Å²) in [5, 5.41) is 7.11. The molecular weight excluding hydrogens is 376 g/mol. The van der Waals surface area contributed by atoms with Crippen molar-refractivity contribution >= 4 is 34.8 Å². The molecule has 0 bridgehead atoms. The lowest BCUT2D eigenvalue weighted by atomic mass is 9.92. The van der Waals surface area contributed by atoms with E-state index in [9.17, 15) is 9.18 Å². The quantitative estimate of drug-likeness (QED) is 0.799. The van der Waals surface area contributed by atoms with Gasteiger partial charge in [-0.25, -0.2) is 4.39 Å². The summed E-state index contributed by atoms with van der Waals surface area (Å²) in [7, 11) is 0. The van der Waals surface area contributed by atoms with Gasteiger partial charge in [-0.15, -0.1) is 0 Å². The van der Waals surface area contributed by atoms with Crippen molar-refractivity contribution < 1.29 is 9.18 Å². The molecule has 1 amide bonds. The molecule has 7 heteroatoms. The minimum atomic E-state index is -0.507. The molecule has 0 saturated carbocycles. The summed E-state index contributed by atoms with van der Waals surface area (Å²) in [4.78, 5) is 14.8. The lowest BCUT2D eigenvalue weighted by Crippen LogP contribution is -2.62. The minimum absolute atomic E-state index is 0.183. The van der Waals surface area contributed by atoms with E-state index in [2.05, 4.69) is 15.5 Å². The Hall–Kier alpha value is -1.82. The second-order valence-corrected chi connectivity index (χ2v) is 7.60. The van der Waals surface area contributed by atoms with E-state index in [-0.39, 0.29) is 16.7 Å². The van der Waals surface area contributed by atoms with Crippen LogP contribution in [0.3, 0.4) is 0 Å². The first-order valence-corrected chi connectivity index (χ1v) is 9.27. The highest BCUT2D eigenvalue weighted by atomic mass is 35.5. The lowest BCUT2D eigenvalue weighted by molar-refractivity contribution is 0.0821. The highest BCUT2D eigenvalue weighted by Gasteiger charge is 2.41. The lowest BCUT2D eigenvalue weighted by Gasteiger charge is -2.46. The van der Waals surface area contributed by atoms with Crippen LogP contribution < -0.4 is 10.6 Å². The van der Waals surface area contributed by atoms with Gasteiger partial charge in [0.15, 0.2) is 0 Å². The van der Waals surface area contributed by atoms with Crippen LogP contribution in [0.1, 0.15) is 28.8 Å². The molecule has 2 N–H and O–H groups in total. The molecule has 4 rings (SSSR count). The molecule has 0 aromatic heterocycles. The first-order chi connectivity index (χ1) is 12.5. The van der Waals surface area contributed by atoms with E-state index in [0.717, 1.165) is 13.1 Å². The zero-order valence-electron chi connectivity index (χ0n) is 14.0. The first kappa shape index (κ1) is 17.6. The van der Waals surface area contributed by atoms with Crippen LogP contribution in [-0.2, 0) is 6.54 Å². The van der Waals surface area contributed by atoms with Crippen LogP contribution >= 0.6 is 23.2 Å². The Morgan fingerprint density at radius 3 is 2.54 bits per heavy atom. The number of amides is 1. The van der Waals surface area contributed by atoms with Crippen molar-refractivity contribution in [1.82, 2.24) is 10.2 Å². The minimum Gasteiger partial charge on any atom is -0.362 e.